The Morgan fingerprint density at radius 1 is 0.838 bits per heavy atom. The lowest BCUT2D eigenvalue weighted by atomic mass is 10.2. The van der Waals surface area contributed by atoms with Gasteiger partial charge in [-0.1, -0.05) is 0 Å². The van der Waals surface area contributed by atoms with Gasteiger partial charge in [-0.05, 0) is 41.5 Å². The van der Waals surface area contributed by atoms with Crippen molar-refractivity contribution >= 4 is 72.4 Å². The van der Waals surface area contributed by atoms with Crippen LogP contribution in [0.25, 0.3) is 0 Å². The molecule has 0 aromatic heterocycles. The molecule has 3 N–H and O–H groups in total. The minimum atomic E-state index is -1.23. The van der Waals surface area contributed by atoms with Crippen molar-refractivity contribution in [1.29, 1.82) is 0 Å². The molecule has 1 aliphatic heterocycles. The first kappa shape index (κ1) is 32.7. The maximum Gasteiger partial charge on any atom is 0.408 e. The van der Waals surface area contributed by atoms with Crippen molar-refractivity contribution in [3.05, 3.63) is 0 Å². The van der Waals surface area contributed by atoms with Crippen LogP contribution in [0.5, 0.6) is 0 Å². The Morgan fingerprint density at radius 2 is 1.22 bits per heavy atom. The van der Waals surface area contributed by atoms with Gasteiger partial charge in [0, 0.05) is 24.4 Å². The molecule has 0 aliphatic carbocycles. The number of nitrogens with one attached hydrogen (secondary N) is 3. The molecule has 37 heavy (non-hydrogen) atoms. The lowest BCUT2D eigenvalue weighted by Gasteiger charge is -2.24. The fourth-order valence-electron chi connectivity index (χ4n) is 2.71. The lowest BCUT2D eigenvalue weighted by Crippen LogP contribution is -2.46. The van der Waals surface area contributed by atoms with Crippen LogP contribution in [0.2, 0.25) is 0 Å². The summed E-state index contributed by atoms with van der Waals surface area (Å²) in [5, 5.41) is 4.99. The van der Waals surface area contributed by atoms with E-state index in [1.54, 1.807) is 41.5 Å². The Kier molecular flexibility index (Phi) is 12.4. The van der Waals surface area contributed by atoms with Gasteiger partial charge < -0.3 is 29.0 Å². The topological polar surface area (TPSA) is 175 Å². The summed E-state index contributed by atoms with van der Waals surface area (Å²) in [5.74, 6) is -3.17. The van der Waals surface area contributed by atoms with Crippen LogP contribution in [0, 0.1) is 0 Å². The van der Waals surface area contributed by atoms with Crippen LogP contribution in [0.4, 0.5) is 9.59 Å². The predicted octanol–water partition coefficient (Wildman–Crippen LogP) is 1.19. The van der Waals surface area contributed by atoms with E-state index in [9.17, 15) is 28.8 Å². The fourth-order valence-corrected chi connectivity index (χ4v) is 5.56. The third kappa shape index (κ3) is 11.7. The Morgan fingerprint density at radius 3 is 1.54 bits per heavy atom. The molecule has 0 unspecified atom stereocenters. The van der Waals surface area contributed by atoms with Crippen molar-refractivity contribution in [2.24, 2.45) is 0 Å². The standard InChI is InChI=1S/C21H33N3O10S3/c1-20(2,3)32-18(29)22-10(16(27)31-7)8-36-12-13(15(26)24-14(12)25)37-9-11(17(28)34-35)23-19(30)33-21(4,5)6/h10-13,35H,8-9H2,1-7H3,(H,22,29)(H,23,30)(H,24,25,26)/t10-,11-,12-,13-/m0/s1. The van der Waals surface area contributed by atoms with Gasteiger partial charge in [-0.25, -0.2) is 19.2 Å². The molecule has 210 valence electrons. The summed E-state index contributed by atoms with van der Waals surface area (Å²) in [7, 11) is 1.14. The fraction of sp³-hybridized carbons (Fsp3) is 0.714. The first-order valence-corrected chi connectivity index (χ1v) is 13.4. The van der Waals surface area contributed by atoms with E-state index in [1.807, 2.05) is 0 Å². The molecule has 0 spiro atoms. The SMILES string of the molecule is COC(=O)[C@H](CS[C@@H]1C(=O)NC(=O)[C@H]1SC[C@H](NC(=O)OC(C)(C)C)C(=O)OS)NC(=O)OC(C)(C)C. The Hall–Kier alpha value is -2.33. The van der Waals surface area contributed by atoms with Gasteiger partial charge in [0.1, 0.15) is 33.8 Å². The minimum absolute atomic E-state index is 0.118. The molecule has 0 bridgehead atoms. The number of thiol groups is 1. The van der Waals surface area contributed by atoms with Crippen molar-refractivity contribution in [3.8, 4) is 0 Å². The monoisotopic (exact) mass is 583 g/mol. The summed E-state index contributed by atoms with van der Waals surface area (Å²) in [6.07, 6.45) is -1.74. The molecule has 1 heterocycles. The van der Waals surface area contributed by atoms with Gasteiger partial charge in [-0.3, -0.25) is 14.9 Å². The van der Waals surface area contributed by atoms with E-state index in [-0.39, 0.29) is 11.5 Å². The first-order chi connectivity index (χ1) is 17.0. The zero-order chi connectivity index (χ0) is 28.6. The van der Waals surface area contributed by atoms with Crippen LogP contribution in [-0.4, -0.2) is 88.3 Å². The smallest absolute Gasteiger partial charge is 0.408 e. The van der Waals surface area contributed by atoms with Crippen LogP contribution >= 0.6 is 36.4 Å². The molecule has 1 aliphatic rings. The summed E-state index contributed by atoms with van der Waals surface area (Å²) in [4.78, 5) is 73.4. The van der Waals surface area contributed by atoms with Gasteiger partial charge in [0.2, 0.25) is 11.8 Å². The van der Waals surface area contributed by atoms with Crippen LogP contribution in [0.3, 0.4) is 0 Å². The molecular weight excluding hydrogens is 550 g/mol. The molecule has 0 aromatic rings. The number of esters is 1. The quantitative estimate of drug-likeness (QED) is 0.0952. The highest BCUT2D eigenvalue weighted by Crippen LogP contribution is 2.30. The molecule has 1 rings (SSSR count). The van der Waals surface area contributed by atoms with Crippen molar-refractivity contribution in [3.63, 3.8) is 0 Å². The van der Waals surface area contributed by atoms with Crippen molar-refractivity contribution in [1.82, 2.24) is 16.0 Å². The summed E-state index contributed by atoms with van der Waals surface area (Å²) in [6.45, 7) is 9.88. The second-order valence-electron chi connectivity index (χ2n) is 9.69. The Labute approximate surface area is 229 Å². The number of ether oxygens (including phenoxy) is 3. The highest BCUT2D eigenvalue weighted by atomic mass is 32.2. The number of carbonyl (C=O) groups excluding carboxylic acids is 6. The summed E-state index contributed by atoms with van der Waals surface area (Å²) in [5.41, 5.74) is -1.63. The van der Waals surface area contributed by atoms with E-state index < -0.39 is 69.7 Å². The molecule has 1 saturated heterocycles. The van der Waals surface area contributed by atoms with Gasteiger partial charge in [-0.15, -0.1) is 23.5 Å². The molecule has 0 radical (unpaired) electrons. The third-order valence-corrected chi connectivity index (χ3v) is 7.26. The normalized spacial score (nSPS) is 19.2. The number of thioether (sulfide) groups is 2. The summed E-state index contributed by atoms with van der Waals surface area (Å²) < 4.78 is 19.4. The molecule has 13 nitrogen and oxygen atoms in total. The van der Waals surface area contributed by atoms with Crippen LogP contribution < -0.4 is 16.0 Å². The van der Waals surface area contributed by atoms with E-state index in [2.05, 4.69) is 33.0 Å². The van der Waals surface area contributed by atoms with E-state index in [4.69, 9.17) is 14.2 Å². The van der Waals surface area contributed by atoms with Crippen molar-refractivity contribution < 1.29 is 47.2 Å². The molecule has 0 aromatic carbocycles. The largest absolute Gasteiger partial charge is 0.467 e. The van der Waals surface area contributed by atoms with Gasteiger partial charge in [0.25, 0.3) is 0 Å². The van der Waals surface area contributed by atoms with Gasteiger partial charge in [0.15, 0.2) is 0 Å². The zero-order valence-electron chi connectivity index (χ0n) is 21.6. The summed E-state index contributed by atoms with van der Waals surface area (Å²) >= 11 is 5.33. The molecule has 4 amide bonds. The first-order valence-electron chi connectivity index (χ1n) is 11.0. The van der Waals surface area contributed by atoms with Gasteiger partial charge >= 0.3 is 24.1 Å². The van der Waals surface area contributed by atoms with Gasteiger partial charge in [0.05, 0.1) is 7.11 Å². The maximum absolute atomic E-state index is 12.4. The molecule has 1 fully saturated rings. The third-order valence-electron chi connectivity index (χ3n) is 4.17. The number of amides is 4. The van der Waals surface area contributed by atoms with Crippen molar-refractivity contribution in [2.75, 3.05) is 18.6 Å². The second kappa shape index (κ2) is 14.0. The number of hydrogen-bond donors (Lipinski definition) is 4. The minimum Gasteiger partial charge on any atom is -0.467 e. The number of alkyl carbamates (subject to hydrolysis) is 2. The molecule has 4 atom stereocenters. The van der Waals surface area contributed by atoms with Crippen LogP contribution in [0.1, 0.15) is 41.5 Å². The zero-order valence-corrected chi connectivity index (χ0v) is 24.1. The second-order valence-corrected chi connectivity index (χ2v) is 12.2. The van der Waals surface area contributed by atoms with E-state index in [0.717, 1.165) is 30.6 Å². The van der Waals surface area contributed by atoms with Crippen LogP contribution in [0.15, 0.2) is 0 Å². The highest BCUT2D eigenvalue weighted by molar-refractivity contribution is 8.05. The van der Waals surface area contributed by atoms with E-state index >= 15 is 0 Å². The molecule has 0 saturated carbocycles. The lowest BCUT2D eigenvalue weighted by molar-refractivity contribution is -0.142. The number of imide groups is 1. The predicted molar refractivity (Wildman–Crippen MR) is 139 cm³/mol. The number of carbonyl (C=O) groups is 6. The van der Waals surface area contributed by atoms with Gasteiger partial charge in [-0.2, -0.15) is 0 Å². The molecular formula is C21H33N3O10S3. The molecule has 16 heteroatoms. The highest BCUT2D eigenvalue weighted by Gasteiger charge is 2.44. The Bertz CT molecular complexity index is 818. The van der Waals surface area contributed by atoms with Crippen molar-refractivity contribution in [2.45, 2.75) is 75.3 Å². The maximum atomic E-state index is 12.4. The number of rotatable bonds is 10. The Balaban J connectivity index is 2.90. The summed E-state index contributed by atoms with van der Waals surface area (Å²) in [6, 6.07) is -2.40. The van der Waals surface area contributed by atoms with E-state index in [0.29, 0.717) is 0 Å². The average molecular weight is 584 g/mol. The van der Waals surface area contributed by atoms with Crippen LogP contribution in [-0.2, 0) is 37.6 Å². The average Bonchev–Trinajstić information content (AvgIpc) is 3.02. The number of hydrogen-bond acceptors (Lipinski definition) is 13. The van der Waals surface area contributed by atoms with E-state index in [1.165, 1.54) is 0 Å². The number of methoxy groups -OCH3 is 1.